The maximum Gasteiger partial charge on any atom is 0.249 e. The number of carbonyl (C=O) groups excluding carboxylic acids is 2. The fourth-order valence-electron chi connectivity index (χ4n) is 2.77. The number of anilines is 1. The van der Waals surface area contributed by atoms with Crippen molar-refractivity contribution < 1.29 is 9.59 Å². The largest absolute Gasteiger partial charge is 0.329 e. The van der Waals surface area contributed by atoms with Gasteiger partial charge in [0.05, 0.1) is 0 Å². The average Bonchev–Trinajstić information content (AvgIpc) is 2.44. The van der Waals surface area contributed by atoms with Gasteiger partial charge in [0.25, 0.3) is 0 Å². The first kappa shape index (κ1) is 15.5. The van der Waals surface area contributed by atoms with Gasteiger partial charge in [-0.15, -0.1) is 0 Å². The highest BCUT2D eigenvalue weighted by molar-refractivity contribution is 6.00. The van der Waals surface area contributed by atoms with Crippen LogP contribution in [0.15, 0.2) is 18.2 Å². The molecule has 1 saturated heterocycles. The minimum absolute atomic E-state index is 0.00366. The zero-order valence-electron chi connectivity index (χ0n) is 13.5. The molecule has 1 aromatic carbocycles. The molecule has 1 aliphatic heterocycles. The van der Waals surface area contributed by atoms with E-state index in [0.29, 0.717) is 13.1 Å². The molecule has 2 amide bonds. The summed E-state index contributed by atoms with van der Waals surface area (Å²) in [5, 5.41) is 0. The fraction of sp³-hybridized carbons (Fsp3) is 0.529. The molecule has 4 heteroatoms. The van der Waals surface area contributed by atoms with E-state index in [1.807, 2.05) is 57.7 Å². The summed E-state index contributed by atoms with van der Waals surface area (Å²) in [5.41, 5.74) is 3.26. The van der Waals surface area contributed by atoms with Crippen molar-refractivity contribution >= 4 is 17.5 Å². The van der Waals surface area contributed by atoms with E-state index in [1.54, 1.807) is 4.90 Å². The number of rotatable bonds is 2. The second kappa shape index (κ2) is 5.88. The maximum absolute atomic E-state index is 12.7. The Morgan fingerprint density at radius 1 is 1.24 bits per heavy atom. The van der Waals surface area contributed by atoms with Gasteiger partial charge in [0, 0.05) is 24.7 Å². The number of piperazine rings is 1. The van der Waals surface area contributed by atoms with Gasteiger partial charge in [0.1, 0.15) is 6.04 Å². The summed E-state index contributed by atoms with van der Waals surface area (Å²) in [4.78, 5) is 28.4. The summed E-state index contributed by atoms with van der Waals surface area (Å²) in [5.74, 6) is -0.0204. The molecule has 4 nitrogen and oxygen atoms in total. The highest BCUT2D eigenvalue weighted by atomic mass is 16.2. The Morgan fingerprint density at radius 3 is 2.52 bits per heavy atom. The third kappa shape index (κ3) is 2.80. The Labute approximate surface area is 126 Å². The molecule has 0 bridgehead atoms. The first-order valence-electron chi connectivity index (χ1n) is 7.52. The Kier molecular flexibility index (Phi) is 4.35. The van der Waals surface area contributed by atoms with Crippen LogP contribution in [0.2, 0.25) is 0 Å². The Hall–Kier alpha value is -1.84. The number of nitrogens with zero attached hydrogens (tertiary/aromatic N) is 2. The highest BCUT2D eigenvalue weighted by Gasteiger charge is 2.36. The molecular weight excluding hydrogens is 264 g/mol. The van der Waals surface area contributed by atoms with Crippen LogP contribution in [-0.2, 0) is 9.59 Å². The zero-order chi connectivity index (χ0) is 15.7. The van der Waals surface area contributed by atoms with E-state index in [2.05, 4.69) is 0 Å². The summed E-state index contributed by atoms with van der Waals surface area (Å²) in [6.07, 6.45) is 0. The molecular formula is C17H24N2O2. The van der Waals surface area contributed by atoms with Gasteiger partial charge in [-0.1, -0.05) is 26.0 Å². The number of aryl methyl sites for hydroxylation is 1. The van der Waals surface area contributed by atoms with Gasteiger partial charge in [-0.2, -0.15) is 0 Å². The van der Waals surface area contributed by atoms with E-state index in [1.165, 1.54) is 5.56 Å². The molecule has 1 heterocycles. The standard InChI is InChI=1S/C17H24N2O2/c1-11(2)16(20)18-9-10-19(17(21)14(18)5)15-8-6-7-12(3)13(15)4/h6-8,11,14H,9-10H2,1-5H3/t14-/m0/s1. The predicted octanol–water partition coefficient (Wildman–Crippen LogP) is 2.52. The predicted molar refractivity (Wildman–Crippen MR) is 84.3 cm³/mol. The summed E-state index contributed by atoms with van der Waals surface area (Å²) in [7, 11) is 0. The lowest BCUT2D eigenvalue weighted by molar-refractivity contribution is -0.143. The molecule has 0 unspecified atom stereocenters. The van der Waals surface area contributed by atoms with Gasteiger partial charge >= 0.3 is 0 Å². The normalized spacial score (nSPS) is 19.3. The van der Waals surface area contributed by atoms with Crippen molar-refractivity contribution in [3.63, 3.8) is 0 Å². The Morgan fingerprint density at radius 2 is 1.90 bits per heavy atom. The number of carbonyl (C=O) groups is 2. The highest BCUT2D eigenvalue weighted by Crippen LogP contribution is 2.26. The molecule has 0 aliphatic carbocycles. The van der Waals surface area contributed by atoms with Gasteiger partial charge in [0.15, 0.2) is 0 Å². The first-order chi connectivity index (χ1) is 9.84. The summed E-state index contributed by atoms with van der Waals surface area (Å²) >= 11 is 0. The molecule has 0 radical (unpaired) electrons. The fourth-order valence-corrected chi connectivity index (χ4v) is 2.77. The van der Waals surface area contributed by atoms with Crippen LogP contribution in [0.1, 0.15) is 31.9 Å². The molecule has 1 aliphatic rings. The van der Waals surface area contributed by atoms with Crippen LogP contribution in [0.5, 0.6) is 0 Å². The van der Waals surface area contributed by atoms with Crippen molar-refractivity contribution in [2.75, 3.05) is 18.0 Å². The molecule has 0 aromatic heterocycles. The second-order valence-corrected chi connectivity index (χ2v) is 6.07. The van der Waals surface area contributed by atoms with E-state index in [9.17, 15) is 9.59 Å². The van der Waals surface area contributed by atoms with Crippen LogP contribution >= 0.6 is 0 Å². The second-order valence-electron chi connectivity index (χ2n) is 6.07. The number of benzene rings is 1. The molecule has 0 saturated carbocycles. The van der Waals surface area contributed by atoms with Crippen LogP contribution < -0.4 is 4.90 Å². The summed E-state index contributed by atoms with van der Waals surface area (Å²) in [6.45, 7) is 10.8. The van der Waals surface area contributed by atoms with Gasteiger partial charge in [0.2, 0.25) is 11.8 Å². The molecule has 2 rings (SSSR count). The molecule has 1 aromatic rings. The van der Waals surface area contributed by atoms with Crippen molar-refractivity contribution in [3.8, 4) is 0 Å². The zero-order valence-corrected chi connectivity index (χ0v) is 13.5. The smallest absolute Gasteiger partial charge is 0.249 e. The van der Waals surface area contributed by atoms with E-state index in [4.69, 9.17) is 0 Å². The lowest BCUT2D eigenvalue weighted by Gasteiger charge is -2.40. The minimum Gasteiger partial charge on any atom is -0.329 e. The van der Waals surface area contributed by atoms with Crippen molar-refractivity contribution in [2.24, 2.45) is 5.92 Å². The SMILES string of the molecule is Cc1cccc(N2CCN(C(=O)C(C)C)[C@@H](C)C2=O)c1C. The number of hydrogen-bond acceptors (Lipinski definition) is 2. The van der Waals surface area contributed by atoms with E-state index in [0.717, 1.165) is 11.3 Å². The molecule has 1 atom stereocenters. The van der Waals surface area contributed by atoms with Gasteiger partial charge in [-0.25, -0.2) is 0 Å². The molecule has 0 spiro atoms. The third-order valence-corrected chi connectivity index (χ3v) is 4.30. The van der Waals surface area contributed by atoms with E-state index < -0.39 is 6.04 Å². The van der Waals surface area contributed by atoms with Crippen molar-refractivity contribution in [1.29, 1.82) is 0 Å². The van der Waals surface area contributed by atoms with Gasteiger partial charge in [-0.3, -0.25) is 9.59 Å². The van der Waals surface area contributed by atoms with Crippen LogP contribution in [0.3, 0.4) is 0 Å². The lowest BCUT2D eigenvalue weighted by atomic mass is 10.0. The van der Waals surface area contributed by atoms with Crippen LogP contribution in [0.4, 0.5) is 5.69 Å². The van der Waals surface area contributed by atoms with E-state index >= 15 is 0 Å². The van der Waals surface area contributed by atoms with Crippen LogP contribution in [0.25, 0.3) is 0 Å². The summed E-state index contributed by atoms with van der Waals surface area (Å²) < 4.78 is 0. The Balaban J connectivity index is 2.26. The minimum atomic E-state index is -0.395. The van der Waals surface area contributed by atoms with Crippen molar-refractivity contribution in [2.45, 2.75) is 40.7 Å². The quantitative estimate of drug-likeness (QED) is 0.839. The molecule has 114 valence electrons. The number of amides is 2. The monoisotopic (exact) mass is 288 g/mol. The topological polar surface area (TPSA) is 40.6 Å². The van der Waals surface area contributed by atoms with Crippen molar-refractivity contribution in [3.05, 3.63) is 29.3 Å². The lowest BCUT2D eigenvalue weighted by Crippen LogP contribution is -2.58. The first-order valence-corrected chi connectivity index (χ1v) is 7.52. The summed E-state index contributed by atoms with van der Waals surface area (Å²) in [6, 6.07) is 5.60. The maximum atomic E-state index is 12.7. The van der Waals surface area contributed by atoms with Gasteiger partial charge < -0.3 is 9.80 Å². The van der Waals surface area contributed by atoms with Crippen LogP contribution in [-0.4, -0.2) is 35.8 Å². The van der Waals surface area contributed by atoms with E-state index in [-0.39, 0.29) is 17.7 Å². The third-order valence-electron chi connectivity index (χ3n) is 4.30. The molecule has 0 N–H and O–H groups in total. The molecule has 1 fully saturated rings. The van der Waals surface area contributed by atoms with Crippen molar-refractivity contribution in [1.82, 2.24) is 4.90 Å². The van der Waals surface area contributed by atoms with Gasteiger partial charge in [-0.05, 0) is 38.0 Å². The average molecular weight is 288 g/mol. The molecule has 21 heavy (non-hydrogen) atoms. The Bertz CT molecular complexity index is 566. The van der Waals surface area contributed by atoms with Crippen LogP contribution in [0, 0.1) is 19.8 Å². The number of hydrogen-bond donors (Lipinski definition) is 0.